The van der Waals surface area contributed by atoms with Gasteiger partial charge in [0.05, 0.1) is 5.39 Å². The van der Waals surface area contributed by atoms with Gasteiger partial charge in [-0.25, -0.2) is 9.97 Å². The minimum absolute atomic E-state index is 0.974. The summed E-state index contributed by atoms with van der Waals surface area (Å²) in [6.45, 7) is 3.93. The maximum Gasteiger partial charge on any atom is 0.158 e. The van der Waals surface area contributed by atoms with Gasteiger partial charge in [-0.15, -0.1) is 11.3 Å². The Morgan fingerprint density at radius 2 is 2.10 bits per heavy atom. The summed E-state index contributed by atoms with van der Waals surface area (Å²) in [7, 11) is 1.86. The highest BCUT2D eigenvalue weighted by atomic mass is 32.2. The van der Waals surface area contributed by atoms with Gasteiger partial charge in [0.15, 0.2) is 5.17 Å². The Bertz CT molecular complexity index is 616. The number of thiophene rings is 1. The summed E-state index contributed by atoms with van der Waals surface area (Å²) in [5, 5.41) is 4.36. The van der Waals surface area contributed by atoms with E-state index in [9.17, 15) is 0 Å². The minimum Gasteiger partial charge on any atom is -0.352 e. The molecule has 2 aromatic heterocycles. The summed E-state index contributed by atoms with van der Waals surface area (Å²) in [5.74, 6) is 1.06. The van der Waals surface area contributed by atoms with E-state index in [1.54, 1.807) is 29.4 Å². The predicted molar refractivity (Wildman–Crippen MR) is 88.1 cm³/mol. The lowest BCUT2D eigenvalue weighted by Gasteiger charge is -2.36. The predicted octanol–water partition coefficient (Wildman–Crippen LogP) is 2.16. The van der Waals surface area contributed by atoms with Crippen LogP contribution in [0.3, 0.4) is 0 Å². The van der Waals surface area contributed by atoms with E-state index >= 15 is 0 Å². The van der Waals surface area contributed by atoms with Crippen LogP contribution in [0.1, 0.15) is 0 Å². The number of nitrogens with zero attached hydrogens (tertiary/aromatic N) is 5. The van der Waals surface area contributed by atoms with Crippen molar-refractivity contribution < 1.29 is 0 Å². The molecule has 0 aromatic carbocycles. The Hall–Kier alpha value is -1.34. The number of thioether (sulfide) groups is 1. The van der Waals surface area contributed by atoms with Crippen LogP contribution >= 0.6 is 23.1 Å². The van der Waals surface area contributed by atoms with E-state index in [4.69, 9.17) is 0 Å². The van der Waals surface area contributed by atoms with Gasteiger partial charge in [-0.05, 0) is 17.7 Å². The van der Waals surface area contributed by atoms with Crippen molar-refractivity contribution in [1.29, 1.82) is 0 Å². The molecule has 20 heavy (non-hydrogen) atoms. The molecule has 0 atom stereocenters. The zero-order chi connectivity index (χ0) is 13.9. The minimum atomic E-state index is 0.974. The largest absolute Gasteiger partial charge is 0.352 e. The van der Waals surface area contributed by atoms with Crippen molar-refractivity contribution >= 4 is 44.3 Å². The number of hydrogen-bond donors (Lipinski definition) is 0. The van der Waals surface area contributed by atoms with Crippen LogP contribution in [0, 0.1) is 0 Å². The lowest BCUT2D eigenvalue weighted by atomic mass is 10.3. The maximum absolute atomic E-state index is 4.48. The fourth-order valence-electron chi connectivity index (χ4n) is 2.50. The fourth-order valence-corrected chi connectivity index (χ4v) is 3.85. The highest BCUT2D eigenvalue weighted by Crippen LogP contribution is 2.27. The summed E-state index contributed by atoms with van der Waals surface area (Å²) in [5.41, 5.74) is 0. The van der Waals surface area contributed by atoms with E-state index in [1.807, 2.05) is 7.05 Å². The number of aliphatic imine (C=N–C) groups is 1. The van der Waals surface area contributed by atoms with Crippen LogP contribution in [-0.4, -0.2) is 59.5 Å². The Kier molecular flexibility index (Phi) is 4.07. The lowest BCUT2D eigenvalue weighted by Crippen LogP contribution is -2.48. The van der Waals surface area contributed by atoms with Gasteiger partial charge in [0, 0.05) is 33.2 Å². The topological polar surface area (TPSA) is 44.6 Å². The Labute approximate surface area is 126 Å². The lowest BCUT2D eigenvalue weighted by molar-refractivity contribution is 0.391. The summed E-state index contributed by atoms with van der Waals surface area (Å²) in [6.07, 6.45) is 3.75. The zero-order valence-corrected chi connectivity index (χ0v) is 13.2. The second-order valence-corrected chi connectivity index (χ2v) is 6.19. The first-order valence-electron chi connectivity index (χ1n) is 6.52. The van der Waals surface area contributed by atoms with Crippen molar-refractivity contribution in [2.75, 3.05) is 44.4 Å². The average molecular weight is 307 g/mol. The molecular formula is C13H17N5S2. The maximum atomic E-state index is 4.48. The second-order valence-electron chi connectivity index (χ2n) is 4.52. The number of hydrogen-bond acceptors (Lipinski definition) is 6. The van der Waals surface area contributed by atoms with Crippen molar-refractivity contribution in [1.82, 2.24) is 14.9 Å². The molecule has 5 nitrogen and oxygen atoms in total. The molecule has 0 saturated carbocycles. The first kappa shape index (κ1) is 13.6. The van der Waals surface area contributed by atoms with Crippen molar-refractivity contribution in [3.63, 3.8) is 0 Å². The zero-order valence-electron chi connectivity index (χ0n) is 11.6. The highest BCUT2D eigenvalue weighted by molar-refractivity contribution is 8.13. The van der Waals surface area contributed by atoms with Crippen LogP contribution in [0.15, 0.2) is 22.8 Å². The van der Waals surface area contributed by atoms with Crippen LogP contribution in [0.4, 0.5) is 5.82 Å². The van der Waals surface area contributed by atoms with Gasteiger partial charge in [-0.2, -0.15) is 0 Å². The Morgan fingerprint density at radius 1 is 1.30 bits per heavy atom. The van der Waals surface area contributed by atoms with Crippen molar-refractivity contribution in [2.24, 2.45) is 4.99 Å². The first-order chi connectivity index (χ1) is 9.83. The van der Waals surface area contributed by atoms with Crippen molar-refractivity contribution in [2.45, 2.75) is 0 Å². The summed E-state index contributed by atoms with van der Waals surface area (Å²) >= 11 is 3.38. The van der Waals surface area contributed by atoms with E-state index in [1.165, 1.54) is 5.39 Å². The van der Waals surface area contributed by atoms with Crippen LogP contribution in [0.2, 0.25) is 0 Å². The number of rotatable bonds is 1. The van der Waals surface area contributed by atoms with E-state index in [2.05, 4.69) is 42.5 Å². The standard InChI is InChI=1S/C13H17N5S2/c1-14-13(19-2)18-6-4-17(5-7-18)11-10-3-8-20-12(10)16-9-15-11/h3,8-9H,4-7H2,1-2H3. The van der Waals surface area contributed by atoms with Gasteiger partial charge in [0.2, 0.25) is 0 Å². The van der Waals surface area contributed by atoms with Crippen LogP contribution in [0.5, 0.6) is 0 Å². The quantitative estimate of drug-likeness (QED) is 0.597. The number of aromatic nitrogens is 2. The van der Waals surface area contributed by atoms with Gasteiger partial charge < -0.3 is 9.80 Å². The molecule has 1 fully saturated rings. The van der Waals surface area contributed by atoms with Gasteiger partial charge in [0.1, 0.15) is 17.0 Å². The molecule has 0 spiro atoms. The Morgan fingerprint density at radius 3 is 2.80 bits per heavy atom. The van der Waals surface area contributed by atoms with Crippen molar-refractivity contribution in [3.8, 4) is 0 Å². The number of amidine groups is 1. The monoisotopic (exact) mass is 307 g/mol. The third-order valence-corrected chi connectivity index (χ3v) is 5.09. The number of fused-ring (bicyclic) bond motifs is 1. The second kappa shape index (κ2) is 5.97. The molecule has 0 unspecified atom stereocenters. The van der Waals surface area contributed by atoms with Gasteiger partial charge in [-0.1, -0.05) is 11.8 Å². The normalized spacial score (nSPS) is 17.0. The van der Waals surface area contributed by atoms with Gasteiger partial charge in [-0.3, -0.25) is 4.99 Å². The third-order valence-electron chi connectivity index (χ3n) is 3.46. The fraction of sp³-hybridized carbons (Fsp3) is 0.462. The molecule has 0 N–H and O–H groups in total. The molecule has 1 aliphatic rings. The summed E-state index contributed by atoms with van der Waals surface area (Å²) < 4.78 is 0. The van der Waals surface area contributed by atoms with Crippen LogP contribution < -0.4 is 4.90 Å². The van der Waals surface area contributed by atoms with E-state index in [0.29, 0.717) is 0 Å². The van der Waals surface area contributed by atoms with Crippen LogP contribution in [-0.2, 0) is 0 Å². The van der Waals surface area contributed by atoms with E-state index < -0.39 is 0 Å². The van der Waals surface area contributed by atoms with Crippen LogP contribution in [0.25, 0.3) is 10.2 Å². The number of anilines is 1. The van der Waals surface area contributed by atoms with Gasteiger partial charge in [0.25, 0.3) is 0 Å². The Balaban J connectivity index is 1.77. The molecular weight excluding hydrogens is 290 g/mol. The molecule has 3 heterocycles. The molecule has 3 rings (SSSR count). The van der Waals surface area contributed by atoms with Crippen molar-refractivity contribution in [3.05, 3.63) is 17.8 Å². The van der Waals surface area contributed by atoms with E-state index in [0.717, 1.165) is 42.0 Å². The SMILES string of the molecule is CN=C(SC)N1CCN(c2ncnc3sccc23)CC1. The smallest absolute Gasteiger partial charge is 0.158 e. The summed E-state index contributed by atoms with van der Waals surface area (Å²) in [6, 6.07) is 2.11. The van der Waals surface area contributed by atoms with E-state index in [-0.39, 0.29) is 0 Å². The molecule has 1 aliphatic heterocycles. The summed E-state index contributed by atoms with van der Waals surface area (Å²) in [4.78, 5) is 18.9. The third kappa shape index (κ3) is 2.47. The molecule has 7 heteroatoms. The molecule has 0 amide bonds. The molecule has 1 saturated heterocycles. The number of piperazine rings is 1. The average Bonchev–Trinajstić information content (AvgIpc) is 2.98. The molecule has 2 aromatic rings. The van der Waals surface area contributed by atoms with Gasteiger partial charge >= 0.3 is 0 Å². The molecule has 106 valence electrons. The first-order valence-corrected chi connectivity index (χ1v) is 8.63. The molecule has 0 bridgehead atoms. The highest BCUT2D eigenvalue weighted by Gasteiger charge is 2.21. The molecule has 0 aliphatic carbocycles. The molecule has 0 radical (unpaired) electrons.